The van der Waals surface area contributed by atoms with Crippen LogP contribution in [0.1, 0.15) is 30.2 Å². The van der Waals surface area contributed by atoms with Crippen molar-refractivity contribution in [2.75, 3.05) is 18.0 Å². The molecular weight excluding hydrogens is 262 g/mol. The Morgan fingerprint density at radius 3 is 3.00 bits per heavy atom. The van der Waals surface area contributed by atoms with Gasteiger partial charge in [0.1, 0.15) is 5.69 Å². The van der Waals surface area contributed by atoms with Crippen LogP contribution in [0.2, 0.25) is 0 Å². The maximum atomic E-state index is 5.65. The van der Waals surface area contributed by atoms with Gasteiger partial charge in [-0.1, -0.05) is 12.1 Å². The lowest BCUT2D eigenvalue weighted by molar-refractivity contribution is 0.560. The quantitative estimate of drug-likeness (QED) is 0.909. The minimum Gasteiger partial charge on any atom is -0.365 e. The van der Waals surface area contributed by atoms with Gasteiger partial charge in [-0.15, -0.1) is 0 Å². The van der Waals surface area contributed by atoms with Crippen LogP contribution in [-0.2, 0) is 25.9 Å². The number of nitrogens with two attached hydrogens (primary N) is 1. The van der Waals surface area contributed by atoms with Gasteiger partial charge in [-0.2, -0.15) is 15.0 Å². The van der Waals surface area contributed by atoms with Crippen molar-refractivity contribution in [3.63, 3.8) is 0 Å². The van der Waals surface area contributed by atoms with Crippen LogP contribution in [-0.4, -0.2) is 28.1 Å². The standard InChI is InChI=1S/C16H23N5/c1-2-21-18-11-15(19-21)12-20-9-3-4-14-10-13(7-8-17)5-6-16(14)20/h5-6,10-11H,2-4,7-9,12,17H2,1H3. The summed E-state index contributed by atoms with van der Waals surface area (Å²) in [5, 5.41) is 8.75. The van der Waals surface area contributed by atoms with Crippen LogP contribution in [0.15, 0.2) is 24.4 Å². The number of hydrogen-bond acceptors (Lipinski definition) is 4. The van der Waals surface area contributed by atoms with Crippen molar-refractivity contribution < 1.29 is 0 Å². The van der Waals surface area contributed by atoms with Crippen LogP contribution in [0, 0.1) is 0 Å². The van der Waals surface area contributed by atoms with Gasteiger partial charge in [0.05, 0.1) is 19.3 Å². The first-order valence-corrected chi connectivity index (χ1v) is 7.76. The lowest BCUT2D eigenvalue weighted by Gasteiger charge is -2.31. The van der Waals surface area contributed by atoms with Crippen molar-refractivity contribution in [2.45, 2.75) is 39.3 Å². The first-order chi connectivity index (χ1) is 10.3. The first kappa shape index (κ1) is 14.1. The number of aromatic nitrogens is 3. The summed E-state index contributed by atoms with van der Waals surface area (Å²) in [6.45, 7) is 5.51. The molecular formula is C16H23N5. The van der Waals surface area contributed by atoms with Crippen LogP contribution >= 0.6 is 0 Å². The third kappa shape index (κ3) is 3.08. The summed E-state index contributed by atoms with van der Waals surface area (Å²) in [5.74, 6) is 0. The molecule has 0 saturated heterocycles. The maximum absolute atomic E-state index is 5.65. The molecule has 2 aromatic rings. The monoisotopic (exact) mass is 285 g/mol. The molecule has 0 spiro atoms. The highest BCUT2D eigenvalue weighted by Crippen LogP contribution is 2.29. The van der Waals surface area contributed by atoms with Crippen molar-refractivity contribution >= 4 is 5.69 Å². The third-order valence-electron chi connectivity index (χ3n) is 4.01. The first-order valence-electron chi connectivity index (χ1n) is 7.76. The van der Waals surface area contributed by atoms with E-state index in [2.05, 4.69) is 40.2 Å². The Morgan fingerprint density at radius 2 is 2.24 bits per heavy atom. The molecule has 0 fully saturated rings. The van der Waals surface area contributed by atoms with Crippen LogP contribution < -0.4 is 10.6 Å². The van der Waals surface area contributed by atoms with Crippen molar-refractivity contribution in [1.82, 2.24) is 15.0 Å². The van der Waals surface area contributed by atoms with Gasteiger partial charge in [-0.25, -0.2) is 0 Å². The molecule has 21 heavy (non-hydrogen) atoms. The summed E-state index contributed by atoms with van der Waals surface area (Å²) in [6, 6.07) is 6.76. The molecule has 5 heteroatoms. The lowest BCUT2D eigenvalue weighted by atomic mass is 9.98. The molecule has 2 heterocycles. The van der Waals surface area contributed by atoms with E-state index in [0.717, 1.165) is 38.2 Å². The Bertz CT molecular complexity index is 604. The average Bonchev–Trinajstić information content (AvgIpc) is 2.95. The molecule has 0 radical (unpaired) electrons. The summed E-state index contributed by atoms with van der Waals surface area (Å²) in [7, 11) is 0. The highest BCUT2D eigenvalue weighted by Gasteiger charge is 2.18. The molecule has 3 rings (SSSR count). The van der Waals surface area contributed by atoms with Gasteiger partial charge in [0.25, 0.3) is 0 Å². The lowest BCUT2D eigenvalue weighted by Crippen LogP contribution is -2.29. The Kier molecular flexibility index (Phi) is 4.20. The molecule has 1 aromatic heterocycles. The summed E-state index contributed by atoms with van der Waals surface area (Å²) in [5.41, 5.74) is 10.8. The summed E-state index contributed by atoms with van der Waals surface area (Å²) >= 11 is 0. The van der Waals surface area contributed by atoms with E-state index in [4.69, 9.17) is 5.73 Å². The van der Waals surface area contributed by atoms with Crippen molar-refractivity contribution in [3.8, 4) is 0 Å². The second-order valence-electron chi connectivity index (χ2n) is 5.55. The van der Waals surface area contributed by atoms with E-state index >= 15 is 0 Å². The minimum atomic E-state index is 0.711. The van der Waals surface area contributed by atoms with Crippen molar-refractivity contribution in [1.29, 1.82) is 0 Å². The molecule has 112 valence electrons. The molecule has 0 atom stereocenters. The molecule has 0 unspecified atom stereocenters. The molecule has 0 saturated carbocycles. The van der Waals surface area contributed by atoms with Gasteiger partial charge in [-0.3, -0.25) is 0 Å². The van der Waals surface area contributed by atoms with Gasteiger partial charge in [-0.05, 0) is 49.9 Å². The van der Waals surface area contributed by atoms with E-state index < -0.39 is 0 Å². The van der Waals surface area contributed by atoms with Gasteiger partial charge < -0.3 is 10.6 Å². The molecule has 1 aromatic carbocycles. The van der Waals surface area contributed by atoms with Crippen molar-refractivity contribution in [2.24, 2.45) is 5.73 Å². The second-order valence-corrected chi connectivity index (χ2v) is 5.55. The van der Waals surface area contributed by atoms with Crippen LogP contribution in [0.25, 0.3) is 0 Å². The topological polar surface area (TPSA) is 60.0 Å². The molecule has 0 aliphatic carbocycles. The fourth-order valence-corrected chi connectivity index (χ4v) is 2.97. The number of aryl methyl sites for hydroxylation is 2. The fourth-order valence-electron chi connectivity index (χ4n) is 2.97. The Labute approximate surface area is 125 Å². The zero-order chi connectivity index (χ0) is 14.7. The molecule has 1 aliphatic heterocycles. The molecule has 0 bridgehead atoms. The summed E-state index contributed by atoms with van der Waals surface area (Å²) < 4.78 is 0. The van der Waals surface area contributed by atoms with Gasteiger partial charge >= 0.3 is 0 Å². The fraction of sp³-hybridized carbons (Fsp3) is 0.500. The molecule has 5 nitrogen and oxygen atoms in total. The molecule has 1 aliphatic rings. The predicted octanol–water partition coefficient (Wildman–Crippen LogP) is 1.75. The number of rotatable bonds is 5. The van der Waals surface area contributed by atoms with Crippen molar-refractivity contribution in [3.05, 3.63) is 41.2 Å². The minimum absolute atomic E-state index is 0.711. The van der Waals surface area contributed by atoms with Crippen LogP contribution in [0.5, 0.6) is 0 Å². The van der Waals surface area contributed by atoms with E-state index in [1.165, 1.54) is 23.2 Å². The number of anilines is 1. The van der Waals surface area contributed by atoms with E-state index in [9.17, 15) is 0 Å². The van der Waals surface area contributed by atoms with E-state index in [0.29, 0.717) is 6.54 Å². The Hall–Kier alpha value is -1.88. The van der Waals surface area contributed by atoms with Crippen LogP contribution in [0.4, 0.5) is 5.69 Å². The van der Waals surface area contributed by atoms with E-state index in [1.807, 2.05) is 6.20 Å². The van der Waals surface area contributed by atoms with E-state index in [-0.39, 0.29) is 0 Å². The largest absolute Gasteiger partial charge is 0.365 e. The number of benzene rings is 1. The zero-order valence-corrected chi connectivity index (χ0v) is 12.6. The van der Waals surface area contributed by atoms with Gasteiger partial charge in [0.15, 0.2) is 0 Å². The Morgan fingerprint density at radius 1 is 1.33 bits per heavy atom. The Balaban J connectivity index is 1.79. The zero-order valence-electron chi connectivity index (χ0n) is 12.6. The van der Waals surface area contributed by atoms with Gasteiger partial charge in [0.2, 0.25) is 0 Å². The normalized spacial score (nSPS) is 14.3. The predicted molar refractivity (Wildman–Crippen MR) is 84.3 cm³/mol. The molecule has 2 N–H and O–H groups in total. The van der Waals surface area contributed by atoms with Gasteiger partial charge in [0, 0.05) is 12.2 Å². The number of nitrogens with zero attached hydrogens (tertiary/aromatic N) is 4. The highest BCUT2D eigenvalue weighted by atomic mass is 15.5. The maximum Gasteiger partial charge on any atom is 0.102 e. The number of fused-ring (bicyclic) bond motifs is 1. The summed E-state index contributed by atoms with van der Waals surface area (Å²) in [6.07, 6.45) is 5.19. The summed E-state index contributed by atoms with van der Waals surface area (Å²) in [4.78, 5) is 4.15. The average molecular weight is 285 g/mol. The smallest absolute Gasteiger partial charge is 0.102 e. The third-order valence-corrected chi connectivity index (χ3v) is 4.01. The molecule has 0 amide bonds. The van der Waals surface area contributed by atoms with Crippen LogP contribution in [0.3, 0.4) is 0 Å². The highest BCUT2D eigenvalue weighted by molar-refractivity contribution is 5.57. The number of hydrogen-bond donors (Lipinski definition) is 1. The SMILES string of the molecule is CCn1ncc(CN2CCCc3cc(CCN)ccc32)n1. The second kappa shape index (κ2) is 6.26. The van der Waals surface area contributed by atoms with E-state index in [1.54, 1.807) is 4.80 Å².